The maximum atomic E-state index is 12.0. The van der Waals surface area contributed by atoms with Crippen molar-refractivity contribution in [3.8, 4) is 0 Å². The Balaban J connectivity index is 1.82. The van der Waals surface area contributed by atoms with Crippen LogP contribution in [0.5, 0.6) is 0 Å². The molecule has 0 bridgehead atoms. The summed E-state index contributed by atoms with van der Waals surface area (Å²) in [5.74, 6) is 0.432. The summed E-state index contributed by atoms with van der Waals surface area (Å²) >= 11 is 1.70. The highest BCUT2D eigenvalue weighted by molar-refractivity contribution is 7.98. The van der Waals surface area contributed by atoms with Crippen LogP contribution in [0, 0.1) is 0 Å². The number of hydrogen-bond donors (Lipinski definition) is 1. The van der Waals surface area contributed by atoms with Gasteiger partial charge in [-0.3, -0.25) is 14.5 Å². The molecule has 0 aliphatic carbocycles. The molecule has 6 heteroatoms. The summed E-state index contributed by atoms with van der Waals surface area (Å²) in [6, 6.07) is 0.0296. The molecule has 2 rings (SSSR count). The van der Waals surface area contributed by atoms with E-state index in [1.54, 1.807) is 11.8 Å². The predicted molar refractivity (Wildman–Crippen MR) is 80.0 cm³/mol. The highest BCUT2D eigenvalue weighted by Crippen LogP contribution is 2.26. The molecule has 2 saturated heterocycles. The van der Waals surface area contributed by atoms with Gasteiger partial charge in [0.25, 0.3) is 0 Å². The standard InChI is InChI=1S/C14H24N2O3S/c1-20-10-6-13(17)15-8-4-11(5-9-15)16-7-2-3-12(16)14(18)19/h11-12H,2-10H2,1H3,(H,18,19). The van der Waals surface area contributed by atoms with E-state index in [1.807, 2.05) is 11.2 Å². The van der Waals surface area contributed by atoms with Crippen LogP contribution in [0.2, 0.25) is 0 Å². The number of aliphatic carboxylic acids is 1. The van der Waals surface area contributed by atoms with Gasteiger partial charge in [0.15, 0.2) is 0 Å². The van der Waals surface area contributed by atoms with E-state index in [9.17, 15) is 14.7 Å². The highest BCUT2D eigenvalue weighted by Gasteiger charge is 2.37. The van der Waals surface area contributed by atoms with Gasteiger partial charge in [-0.1, -0.05) is 0 Å². The second-order valence-electron chi connectivity index (χ2n) is 5.59. The minimum absolute atomic E-state index is 0.244. The Morgan fingerprint density at radius 2 is 1.90 bits per heavy atom. The third-order valence-electron chi connectivity index (χ3n) is 4.39. The lowest BCUT2D eigenvalue weighted by atomic mass is 10.0. The monoisotopic (exact) mass is 300 g/mol. The van der Waals surface area contributed by atoms with E-state index in [4.69, 9.17) is 0 Å². The Kier molecular flexibility index (Phi) is 5.72. The van der Waals surface area contributed by atoms with Gasteiger partial charge in [0.1, 0.15) is 6.04 Å². The number of rotatable bonds is 5. The Bertz CT molecular complexity index is 356. The normalized spacial score (nSPS) is 25.1. The molecule has 20 heavy (non-hydrogen) atoms. The van der Waals surface area contributed by atoms with Crippen LogP contribution in [0.1, 0.15) is 32.1 Å². The molecule has 1 amide bonds. The molecule has 0 radical (unpaired) electrons. The predicted octanol–water partition coefficient (Wildman–Crippen LogP) is 1.28. The van der Waals surface area contributed by atoms with E-state index in [1.165, 1.54) is 0 Å². The van der Waals surface area contributed by atoms with E-state index in [0.717, 1.165) is 51.1 Å². The first-order valence-corrected chi connectivity index (χ1v) is 8.78. The lowest BCUT2D eigenvalue weighted by Crippen LogP contribution is -2.50. The van der Waals surface area contributed by atoms with E-state index in [-0.39, 0.29) is 11.9 Å². The number of carbonyl (C=O) groups is 2. The van der Waals surface area contributed by atoms with Gasteiger partial charge in [-0.25, -0.2) is 0 Å². The van der Waals surface area contributed by atoms with Crippen LogP contribution in [0.25, 0.3) is 0 Å². The number of carboxylic acids is 1. The fraction of sp³-hybridized carbons (Fsp3) is 0.857. The average molecular weight is 300 g/mol. The van der Waals surface area contributed by atoms with Gasteiger partial charge in [-0.15, -0.1) is 0 Å². The summed E-state index contributed by atoms with van der Waals surface area (Å²) in [5, 5.41) is 9.24. The van der Waals surface area contributed by atoms with Crippen molar-refractivity contribution >= 4 is 23.6 Å². The minimum Gasteiger partial charge on any atom is -0.480 e. The molecule has 2 heterocycles. The summed E-state index contributed by atoms with van der Waals surface area (Å²) in [4.78, 5) is 27.3. The second kappa shape index (κ2) is 7.31. The number of carbonyl (C=O) groups excluding carboxylic acids is 1. The van der Waals surface area contributed by atoms with Crippen LogP contribution >= 0.6 is 11.8 Å². The average Bonchev–Trinajstić information content (AvgIpc) is 2.94. The first kappa shape index (κ1) is 15.6. The maximum absolute atomic E-state index is 12.0. The molecule has 114 valence electrons. The van der Waals surface area contributed by atoms with E-state index < -0.39 is 5.97 Å². The lowest BCUT2D eigenvalue weighted by molar-refractivity contribution is -0.144. The molecule has 0 spiro atoms. The zero-order chi connectivity index (χ0) is 14.5. The van der Waals surface area contributed by atoms with Crippen molar-refractivity contribution in [2.24, 2.45) is 0 Å². The van der Waals surface area contributed by atoms with Crippen molar-refractivity contribution in [3.63, 3.8) is 0 Å². The molecule has 1 atom stereocenters. The van der Waals surface area contributed by atoms with Crippen LogP contribution in [0.3, 0.4) is 0 Å². The van der Waals surface area contributed by atoms with Crippen LogP contribution in [0.4, 0.5) is 0 Å². The Morgan fingerprint density at radius 3 is 2.50 bits per heavy atom. The first-order valence-electron chi connectivity index (χ1n) is 7.38. The number of piperidine rings is 1. The Hall–Kier alpha value is -0.750. The van der Waals surface area contributed by atoms with Gasteiger partial charge >= 0.3 is 5.97 Å². The third-order valence-corrected chi connectivity index (χ3v) is 5.00. The summed E-state index contributed by atoms with van der Waals surface area (Å²) in [5.41, 5.74) is 0. The zero-order valence-electron chi connectivity index (χ0n) is 12.1. The minimum atomic E-state index is -0.694. The van der Waals surface area contributed by atoms with Crippen molar-refractivity contribution in [3.05, 3.63) is 0 Å². The SMILES string of the molecule is CSCCC(=O)N1CCC(N2CCCC2C(=O)O)CC1. The van der Waals surface area contributed by atoms with Crippen molar-refractivity contribution in [2.45, 2.75) is 44.2 Å². The van der Waals surface area contributed by atoms with Gasteiger partial charge in [0.05, 0.1) is 0 Å². The molecule has 0 aromatic carbocycles. The van der Waals surface area contributed by atoms with Crippen molar-refractivity contribution in [2.75, 3.05) is 31.6 Å². The van der Waals surface area contributed by atoms with Gasteiger partial charge < -0.3 is 10.0 Å². The molecule has 2 aliphatic rings. The summed E-state index contributed by atoms with van der Waals surface area (Å²) in [7, 11) is 0. The van der Waals surface area contributed by atoms with Crippen LogP contribution in [-0.2, 0) is 9.59 Å². The zero-order valence-corrected chi connectivity index (χ0v) is 12.9. The van der Waals surface area contributed by atoms with Gasteiger partial charge in [0.2, 0.25) is 5.91 Å². The molecule has 1 unspecified atom stereocenters. The van der Waals surface area contributed by atoms with Crippen molar-refractivity contribution < 1.29 is 14.7 Å². The molecule has 0 aromatic rings. The number of carboxylic acid groups (broad SMARTS) is 1. The molecule has 2 aliphatic heterocycles. The van der Waals surface area contributed by atoms with E-state index >= 15 is 0 Å². The molecule has 0 saturated carbocycles. The summed E-state index contributed by atoms with van der Waals surface area (Å²) < 4.78 is 0. The number of hydrogen-bond acceptors (Lipinski definition) is 4. The molecular weight excluding hydrogens is 276 g/mol. The van der Waals surface area contributed by atoms with Gasteiger partial charge in [-0.2, -0.15) is 11.8 Å². The molecule has 5 nitrogen and oxygen atoms in total. The number of amides is 1. The molecule has 0 aromatic heterocycles. The van der Waals surface area contributed by atoms with Crippen LogP contribution in [-0.4, -0.2) is 70.5 Å². The smallest absolute Gasteiger partial charge is 0.320 e. The topological polar surface area (TPSA) is 60.9 Å². The van der Waals surface area contributed by atoms with Crippen molar-refractivity contribution in [1.29, 1.82) is 0 Å². The molecule has 2 fully saturated rings. The Labute approximate surface area is 124 Å². The quantitative estimate of drug-likeness (QED) is 0.829. The lowest BCUT2D eigenvalue weighted by Gasteiger charge is -2.38. The maximum Gasteiger partial charge on any atom is 0.320 e. The van der Waals surface area contributed by atoms with Crippen molar-refractivity contribution in [1.82, 2.24) is 9.80 Å². The molecule has 1 N–H and O–H groups in total. The number of thioether (sulfide) groups is 1. The third kappa shape index (κ3) is 3.67. The van der Waals surface area contributed by atoms with Crippen LogP contribution < -0.4 is 0 Å². The number of nitrogens with zero attached hydrogens (tertiary/aromatic N) is 2. The number of likely N-dealkylation sites (tertiary alicyclic amines) is 2. The molecular formula is C14H24N2O3S. The summed E-state index contributed by atoms with van der Waals surface area (Å²) in [6.07, 6.45) is 6.20. The first-order chi connectivity index (χ1) is 9.63. The highest BCUT2D eigenvalue weighted by atomic mass is 32.2. The largest absolute Gasteiger partial charge is 0.480 e. The summed E-state index contributed by atoms with van der Waals surface area (Å²) in [6.45, 7) is 2.45. The van der Waals surface area contributed by atoms with Gasteiger partial charge in [-0.05, 0) is 38.5 Å². The van der Waals surface area contributed by atoms with Crippen LogP contribution in [0.15, 0.2) is 0 Å². The Morgan fingerprint density at radius 1 is 1.20 bits per heavy atom. The fourth-order valence-electron chi connectivity index (χ4n) is 3.29. The van der Waals surface area contributed by atoms with Gasteiger partial charge in [0, 0.05) is 31.3 Å². The van der Waals surface area contributed by atoms with E-state index in [0.29, 0.717) is 12.5 Å². The fourth-order valence-corrected chi connectivity index (χ4v) is 3.66. The second-order valence-corrected chi connectivity index (χ2v) is 6.57. The van der Waals surface area contributed by atoms with E-state index in [2.05, 4.69) is 4.90 Å².